The number of hydrogen-bond donors (Lipinski definition) is 0. The fraction of sp³-hybridized carbons (Fsp3) is 0.600. The molecular formula is C5H6NaO5. The fourth-order valence-electron chi connectivity index (χ4n) is 0.553. The molecule has 0 bridgehead atoms. The first-order valence-corrected chi connectivity index (χ1v) is 2.86. The first kappa shape index (κ1) is 10.9. The molecule has 1 aliphatic heterocycles. The van der Waals surface area contributed by atoms with Gasteiger partial charge in [-0.15, -0.1) is 0 Å². The van der Waals surface area contributed by atoms with Gasteiger partial charge in [0.2, 0.25) is 0 Å². The van der Waals surface area contributed by atoms with Gasteiger partial charge in [0, 0.05) is 47.4 Å². The van der Waals surface area contributed by atoms with Gasteiger partial charge < -0.3 is 0 Å². The molecule has 0 atom stereocenters. The Morgan fingerprint density at radius 3 is 1.91 bits per heavy atom. The second kappa shape index (κ2) is 5.54. The zero-order valence-corrected chi connectivity index (χ0v) is 8.16. The van der Waals surface area contributed by atoms with E-state index in [4.69, 9.17) is 0 Å². The van der Waals surface area contributed by atoms with Gasteiger partial charge in [0.15, 0.2) is 0 Å². The predicted molar refractivity (Wildman–Crippen MR) is 32.9 cm³/mol. The van der Waals surface area contributed by atoms with E-state index in [2.05, 4.69) is 14.8 Å². The van der Waals surface area contributed by atoms with Crippen molar-refractivity contribution >= 4 is 41.5 Å². The molecule has 57 valence electrons. The summed E-state index contributed by atoms with van der Waals surface area (Å²) in [5, 5.41) is 3.80. The Labute approximate surface area is 85.1 Å². The van der Waals surface area contributed by atoms with Crippen molar-refractivity contribution in [2.24, 2.45) is 0 Å². The molecule has 1 saturated heterocycles. The van der Waals surface area contributed by atoms with Crippen LogP contribution in [0.2, 0.25) is 0 Å². The van der Waals surface area contributed by atoms with E-state index in [9.17, 15) is 9.59 Å². The average Bonchev–Trinajstić information content (AvgIpc) is 1.84. The minimum Gasteiger partial charge on any atom is -0.260 e. The van der Waals surface area contributed by atoms with Crippen LogP contribution < -0.4 is 0 Å². The van der Waals surface area contributed by atoms with E-state index in [1.165, 1.54) is 0 Å². The first-order chi connectivity index (χ1) is 4.79. The molecule has 11 heavy (non-hydrogen) atoms. The van der Waals surface area contributed by atoms with Crippen LogP contribution in [0.3, 0.4) is 0 Å². The second-order valence-electron chi connectivity index (χ2n) is 1.83. The molecule has 0 amide bonds. The van der Waals surface area contributed by atoms with Crippen molar-refractivity contribution in [3.63, 3.8) is 0 Å². The van der Waals surface area contributed by atoms with E-state index in [-0.39, 0.29) is 42.4 Å². The molecule has 5 nitrogen and oxygen atoms in total. The third-order valence-electron chi connectivity index (χ3n) is 1.02. The summed E-state index contributed by atoms with van der Waals surface area (Å²) in [5.41, 5.74) is 0. The fourth-order valence-corrected chi connectivity index (χ4v) is 0.553. The SMILES string of the molecule is O=C1CCCC(=O)OOO1.[Na]. The van der Waals surface area contributed by atoms with Crippen molar-refractivity contribution in [2.75, 3.05) is 0 Å². The smallest absolute Gasteiger partial charge is 0.260 e. The summed E-state index contributed by atoms with van der Waals surface area (Å²) in [7, 11) is 0. The minimum atomic E-state index is -0.521. The maximum absolute atomic E-state index is 10.4. The zero-order chi connectivity index (χ0) is 7.40. The molecule has 0 N–H and O–H groups in total. The van der Waals surface area contributed by atoms with Gasteiger partial charge in [0.1, 0.15) is 0 Å². The summed E-state index contributed by atoms with van der Waals surface area (Å²) in [4.78, 5) is 28.8. The molecule has 0 aliphatic carbocycles. The van der Waals surface area contributed by atoms with Crippen molar-refractivity contribution in [3.8, 4) is 0 Å². The Morgan fingerprint density at radius 1 is 1.00 bits per heavy atom. The summed E-state index contributed by atoms with van der Waals surface area (Å²) < 4.78 is 0. The number of carbonyl (C=O) groups excluding carboxylic acids is 2. The number of rotatable bonds is 0. The standard InChI is InChI=1S/C5H6O5.Na/c6-4-2-1-3-5(7)9-10-8-4;/h1-3H2;. The Morgan fingerprint density at radius 2 is 1.45 bits per heavy atom. The maximum atomic E-state index is 10.4. The van der Waals surface area contributed by atoms with Gasteiger partial charge >= 0.3 is 11.9 Å². The van der Waals surface area contributed by atoms with Gasteiger partial charge in [0.05, 0.1) is 0 Å². The third-order valence-corrected chi connectivity index (χ3v) is 1.02. The van der Waals surface area contributed by atoms with Crippen LogP contribution in [0.25, 0.3) is 0 Å². The van der Waals surface area contributed by atoms with Crippen molar-refractivity contribution in [1.82, 2.24) is 0 Å². The molecule has 0 aromatic heterocycles. The molecule has 6 heteroatoms. The van der Waals surface area contributed by atoms with Crippen molar-refractivity contribution in [1.29, 1.82) is 0 Å². The normalized spacial score (nSPS) is 18.5. The van der Waals surface area contributed by atoms with E-state index in [0.717, 1.165) is 0 Å². The van der Waals surface area contributed by atoms with Crippen LogP contribution in [0, 0.1) is 0 Å². The largest absolute Gasteiger partial charge is 0.346 e. The van der Waals surface area contributed by atoms with E-state index in [1.807, 2.05) is 0 Å². The van der Waals surface area contributed by atoms with Crippen LogP contribution in [-0.2, 0) is 24.4 Å². The van der Waals surface area contributed by atoms with Crippen molar-refractivity contribution in [2.45, 2.75) is 19.3 Å². The molecule has 1 fully saturated rings. The Kier molecular flexibility index (Phi) is 5.49. The van der Waals surface area contributed by atoms with Crippen LogP contribution in [-0.4, -0.2) is 41.5 Å². The molecule has 1 heterocycles. The molecule has 1 radical (unpaired) electrons. The molecule has 0 aromatic carbocycles. The molecule has 1 aliphatic rings. The average molecular weight is 169 g/mol. The quantitative estimate of drug-likeness (QED) is 0.368. The molecule has 0 spiro atoms. The second-order valence-corrected chi connectivity index (χ2v) is 1.83. The molecular weight excluding hydrogens is 163 g/mol. The van der Waals surface area contributed by atoms with Crippen LogP contribution in [0.15, 0.2) is 0 Å². The Hall–Kier alpha value is -0.100. The molecule has 0 unspecified atom stereocenters. The van der Waals surface area contributed by atoms with Crippen molar-refractivity contribution in [3.05, 3.63) is 0 Å². The van der Waals surface area contributed by atoms with Crippen molar-refractivity contribution < 1.29 is 24.4 Å². The summed E-state index contributed by atoms with van der Waals surface area (Å²) >= 11 is 0. The third kappa shape index (κ3) is 4.36. The summed E-state index contributed by atoms with van der Waals surface area (Å²) in [6.45, 7) is 0. The Bertz CT molecular complexity index is 127. The number of hydrogen-bond acceptors (Lipinski definition) is 5. The van der Waals surface area contributed by atoms with Gasteiger partial charge in [-0.2, -0.15) is 0 Å². The summed E-state index contributed by atoms with van der Waals surface area (Å²) in [5.74, 6) is -1.04. The number of carbonyl (C=O) groups is 2. The van der Waals surface area contributed by atoms with E-state index >= 15 is 0 Å². The zero-order valence-electron chi connectivity index (χ0n) is 6.16. The monoisotopic (exact) mass is 169 g/mol. The molecule has 0 aromatic rings. The first-order valence-electron chi connectivity index (χ1n) is 2.86. The van der Waals surface area contributed by atoms with E-state index < -0.39 is 11.9 Å². The molecule has 0 saturated carbocycles. The van der Waals surface area contributed by atoms with Gasteiger partial charge in [-0.25, -0.2) is 9.59 Å². The Balaban J connectivity index is 0.000001000. The van der Waals surface area contributed by atoms with Gasteiger partial charge in [-0.1, -0.05) is 0 Å². The van der Waals surface area contributed by atoms with Crippen LogP contribution in [0.4, 0.5) is 0 Å². The van der Waals surface area contributed by atoms with Crippen LogP contribution in [0.1, 0.15) is 19.3 Å². The van der Waals surface area contributed by atoms with Crippen LogP contribution >= 0.6 is 0 Å². The van der Waals surface area contributed by atoms with Crippen LogP contribution in [0.5, 0.6) is 0 Å². The van der Waals surface area contributed by atoms with E-state index in [1.54, 1.807) is 0 Å². The molecule has 1 rings (SSSR count). The summed E-state index contributed by atoms with van der Waals surface area (Å²) in [6, 6.07) is 0. The van der Waals surface area contributed by atoms with Gasteiger partial charge in [-0.3, -0.25) is 9.78 Å². The maximum Gasteiger partial charge on any atom is 0.346 e. The van der Waals surface area contributed by atoms with E-state index in [0.29, 0.717) is 6.42 Å². The van der Waals surface area contributed by atoms with Gasteiger partial charge in [0.25, 0.3) is 0 Å². The summed E-state index contributed by atoms with van der Waals surface area (Å²) in [6.07, 6.45) is 0.825. The van der Waals surface area contributed by atoms with Gasteiger partial charge in [-0.05, 0) is 6.42 Å². The topological polar surface area (TPSA) is 61.8 Å². The predicted octanol–water partition coefficient (Wildman–Crippen LogP) is -0.278. The minimum absolute atomic E-state index is 0.